The number of nitrogens with zero attached hydrogens (tertiary/aromatic N) is 1. The Hall–Kier alpha value is -1.10. The summed E-state index contributed by atoms with van der Waals surface area (Å²) in [7, 11) is 0. The van der Waals surface area contributed by atoms with Crippen molar-refractivity contribution in [3.8, 4) is 0 Å². The first-order valence-electron chi connectivity index (χ1n) is 7.20. The first-order valence-corrected chi connectivity index (χ1v) is 7.20. The molecule has 19 heavy (non-hydrogen) atoms. The van der Waals surface area contributed by atoms with Crippen molar-refractivity contribution in [3.05, 3.63) is 0 Å². The van der Waals surface area contributed by atoms with E-state index in [4.69, 9.17) is 9.84 Å². The van der Waals surface area contributed by atoms with Crippen molar-refractivity contribution in [2.24, 2.45) is 5.92 Å². The van der Waals surface area contributed by atoms with E-state index in [0.29, 0.717) is 25.5 Å². The minimum Gasteiger partial charge on any atom is -0.481 e. The summed E-state index contributed by atoms with van der Waals surface area (Å²) in [4.78, 5) is 24.3. The topological polar surface area (TPSA) is 66.8 Å². The highest BCUT2D eigenvalue weighted by atomic mass is 16.5. The van der Waals surface area contributed by atoms with Crippen LogP contribution in [0.4, 0.5) is 0 Å². The quantitative estimate of drug-likeness (QED) is 0.685. The molecule has 1 unspecified atom stereocenters. The molecule has 0 spiro atoms. The van der Waals surface area contributed by atoms with E-state index in [1.165, 1.54) is 0 Å². The van der Waals surface area contributed by atoms with Gasteiger partial charge in [0, 0.05) is 26.1 Å². The zero-order chi connectivity index (χ0) is 14.1. The Balaban J connectivity index is 2.24. The van der Waals surface area contributed by atoms with Gasteiger partial charge >= 0.3 is 5.97 Å². The number of amides is 1. The van der Waals surface area contributed by atoms with Gasteiger partial charge in [-0.2, -0.15) is 0 Å². The fourth-order valence-electron chi connectivity index (χ4n) is 2.35. The van der Waals surface area contributed by atoms with Crippen molar-refractivity contribution < 1.29 is 19.4 Å². The van der Waals surface area contributed by atoms with Crippen LogP contribution in [0.1, 0.15) is 45.4 Å². The minimum absolute atomic E-state index is 0.0381. The number of piperidine rings is 1. The summed E-state index contributed by atoms with van der Waals surface area (Å²) in [5.74, 6) is -0.396. The first-order chi connectivity index (χ1) is 9.13. The zero-order valence-corrected chi connectivity index (χ0v) is 11.8. The largest absolute Gasteiger partial charge is 0.481 e. The lowest BCUT2D eigenvalue weighted by Gasteiger charge is -2.32. The van der Waals surface area contributed by atoms with Crippen LogP contribution in [0.15, 0.2) is 0 Å². The monoisotopic (exact) mass is 271 g/mol. The highest BCUT2D eigenvalue weighted by molar-refractivity contribution is 5.77. The first kappa shape index (κ1) is 16.0. The molecule has 1 N–H and O–H groups in total. The van der Waals surface area contributed by atoms with Gasteiger partial charge in [-0.1, -0.05) is 13.3 Å². The van der Waals surface area contributed by atoms with E-state index in [1.807, 2.05) is 4.90 Å². The van der Waals surface area contributed by atoms with Crippen LogP contribution in [0.5, 0.6) is 0 Å². The number of hydrogen-bond donors (Lipinski definition) is 1. The van der Waals surface area contributed by atoms with Crippen molar-refractivity contribution >= 4 is 11.9 Å². The zero-order valence-electron chi connectivity index (χ0n) is 11.8. The number of likely N-dealkylation sites (tertiary alicyclic amines) is 1. The molecule has 1 fully saturated rings. The Morgan fingerprint density at radius 3 is 2.89 bits per heavy atom. The van der Waals surface area contributed by atoms with Gasteiger partial charge in [0.2, 0.25) is 5.91 Å². The van der Waals surface area contributed by atoms with E-state index in [1.54, 1.807) is 0 Å². The fraction of sp³-hybridized carbons (Fsp3) is 0.857. The van der Waals surface area contributed by atoms with E-state index in [2.05, 4.69) is 6.92 Å². The van der Waals surface area contributed by atoms with Crippen LogP contribution in [-0.2, 0) is 14.3 Å². The van der Waals surface area contributed by atoms with Crippen LogP contribution in [0.25, 0.3) is 0 Å². The molecule has 0 aromatic rings. The van der Waals surface area contributed by atoms with Crippen LogP contribution in [0.2, 0.25) is 0 Å². The van der Waals surface area contributed by atoms with Crippen LogP contribution in [0, 0.1) is 5.92 Å². The van der Waals surface area contributed by atoms with E-state index >= 15 is 0 Å². The normalized spacial score (nSPS) is 19.4. The van der Waals surface area contributed by atoms with Gasteiger partial charge in [-0.05, 0) is 31.6 Å². The van der Waals surface area contributed by atoms with Gasteiger partial charge in [0.05, 0.1) is 0 Å². The number of carboxylic acids is 1. The van der Waals surface area contributed by atoms with Gasteiger partial charge in [0.15, 0.2) is 0 Å². The summed E-state index contributed by atoms with van der Waals surface area (Å²) >= 11 is 0. The van der Waals surface area contributed by atoms with Gasteiger partial charge < -0.3 is 14.7 Å². The molecule has 1 heterocycles. The number of carboxylic acid groups (broad SMARTS) is 1. The Morgan fingerprint density at radius 2 is 2.21 bits per heavy atom. The van der Waals surface area contributed by atoms with Crippen LogP contribution in [-0.4, -0.2) is 48.2 Å². The molecular weight excluding hydrogens is 246 g/mol. The van der Waals surface area contributed by atoms with E-state index in [-0.39, 0.29) is 18.9 Å². The molecule has 0 aromatic carbocycles. The molecule has 110 valence electrons. The van der Waals surface area contributed by atoms with Gasteiger partial charge in [-0.3, -0.25) is 9.59 Å². The number of rotatable bonds is 8. The molecule has 1 rings (SSSR count). The van der Waals surface area contributed by atoms with Crippen molar-refractivity contribution in [1.82, 2.24) is 4.90 Å². The number of carbonyl (C=O) groups excluding carboxylic acids is 1. The van der Waals surface area contributed by atoms with Crippen molar-refractivity contribution in [2.45, 2.75) is 45.4 Å². The second kappa shape index (κ2) is 8.91. The second-order valence-electron chi connectivity index (χ2n) is 5.19. The standard InChI is InChI=1S/C14H25NO4/c1-2-3-9-19-11-13(16)15-8-4-5-12(10-15)6-7-14(17)18/h12H,2-11H2,1H3,(H,17,18). The maximum absolute atomic E-state index is 11.9. The van der Waals surface area contributed by atoms with E-state index in [9.17, 15) is 9.59 Å². The smallest absolute Gasteiger partial charge is 0.303 e. The number of hydrogen-bond acceptors (Lipinski definition) is 3. The Kier molecular flexibility index (Phi) is 7.48. The molecular formula is C14H25NO4. The lowest BCUT2D eigenvalue weighted by atomic mass is 9.93. The number of carbonyl (C=O) groups is 2. The minimum atomic E-state index is -0.758. The van der Waals surface area contributed by atoms with Gasteiger partial charge in [0.1, 0.15) is 6.61 Å². The van der Waals surface area contributed by atoms with Crippen LogP contribution < -0.4 is 0 Å². The highest BCUT2D eigenvalue weighted by Gasteiger charge is 2.23. The van der Waals surface area contributed by atoms with Crippen LogP contribution in [0.3, 0.4) is 0 Å². The molecule has 5 heteroatoms. The summed E-state index contributed by atoms with van der Waals surface area (Å²) in [5, 5.41) is 8.69. The average Bonchev–Trinajstić information content (AvgIpc) is 2.41. The molecule has 5 nitrogen and oxygen atoms in total. The third-order valence-electron chi connectivity index (χ3n) is 3.51. The highest BCUT2D eigenvalue weighted by Crippen LogP contribution is 2.21. The Labute approximate surface area is 114 Å². The summed E-state index contributed by atoms with van der Waals surface area (Å²) in [6.07, 6.45) is 4.89. The van der Waals surface area contributed by atoms with Crippen molar-refractivity contribution in [3.63, 3.8) is 0 Å². The fourth-order valence-corrected chi connectivity index (χ4v) is 2.35. The molecule has 0 aromatic heterocycles. The molecule has 1 aliphatic rings. The molecule has 0 saturated carbocycles. The molecule has 0 radical (unpaired) electrons. The number of aliphatic carboxylic acids is 1. The predicted molar refractivity (Wildman–Crippen MR) is 71.9 cm³/mol. The Morgan fingerprint density at radius 1 is 1.42 bits per heavy atom. The number of ether oxygens (including phenoxy) is 1. The summed E-state index contributed by atoms with van der Waals surface area (Å²) in [5.41, 5.74) is 0. The van der Waals surface area contributed by atoms with Gasteiger partial charge in [-0.15, -0.1) is 0 Å². The third-order valence-corrected chi connectivity index (χ3v) is 3.51. The Bertz CT molecular complexity index is 293. The lowest BCUT2D eigenvalue weighted by Crippen LogP contribution is -2.41. The SMILES string of the molecule is CCCCOCC(=O)N1CCCC(CCC(=O)O)C1. The molecule has 1 amide bonds. The predicted octanol–water partition coefficient (Wildman–Crippen LogP) is 1.91. The van der Waals surface area contributed by atoms with E-state index in [0.717, 1.165) is 32.2 Å². The maximum Gasteiger partial charge on any atom is 0.303 e. The molecule has 1 saturated heterocycles. The number of unbranched alkanes of at least 4 members (excludes halogenated alkanes) is 1. The van der Waals surface area contributed by atoms with Crippen molar-refractivity contribution in [1.29, 1.82) is 0 Å². The third kappa shape index (κ3) is 6.57. The van der Waals surface area contributed by atoms with E-state index < -0.39 is 5.97 Å². The average molecular weight is 271 g/mol. The van der Waals surface area contributed by atoms with Gasteiger partial charge in [-0.25, -0.2) is 0 Å². The maximum atomic E-state index is 11.9. The second-order valence-corrected chi connectivity index (χ2v) is 5.19. The molecule has 1 aliphatic heterocycles. The molecule has 0 bridgehead atoms. The van der Waals surface area contributed by atoms with Crippen molar-refractivity contribution in [2.75, 3.05) is 26.3 Å². The summed E-state index contributed by atoms with van der Waals surface area (Å²) in [6, 6.07) is 0. The van der Waals surface area contributed by atoms with Gasteiger partial charge in [0.25, 0.3) is 0 Å². The molecule has 0 aliphatic carbocycles. The lowest BCUT2D eigenvalue weighted by molar-refractivity contribution is -0.138. The summed E-state index contributed by atoms with van der Waals surface area (Å²) in [6.45, 7) is 4.34. The molecule has 1 atom stereocenters. The van der Waals surface area contributed by atoms with Crippen LogP contribution >= 0.6 is 0 Å². The summed E-state index contributed by atoms with van der Waals surface area (Å²) < 4.78 is 5.34.